The summed E-state index contributed by atoms with van der Waals surface area (Å²) in [7, 11) is -2.60. The minimum absolute atomic E-state index is 0.0431. The molecule has 0 spiro atoms. The van der Waals surface area contributed by atoms with Crippen LogP contribution in [-0.2, 0) is 4.57 Å². The zero-order valence-corrected chi connectivity index (χ0v) is 20.6. The van der Waals surface area contributed by atoms with Gasteiger partial charge in [0.1, 0.15) is 0 Å². The molecule has 0 radical (unpaired) electrons. The third-order valence-electron chi connectivity index (χ3n) is 4.78. The van der Waals surface area contributed by atoms with Crippen molar-refractivity contribution in [2.75, 3.05) is 0 Å². The van der Waals surface area contributed by atoms with Gasteiger partial charge in [0.15, 0.2) is 0 Å². The number of carbonyl (C=O) groups excluding carboxylic acids is 2. The number of benzene rings is 3. The van der Waals surface area contributed by atoms with Crippen molar-refractivity contribution in [3.05, 3.63) is 95.9 Å². The van der Waals surface area contributed by atoms with E-state index in [2.05, 4.69) is 0 Å². The Morgan fingerprint density at radius 2 is 1.29 bits per heavy atom. The van der Waals surface area contributed by atoms with Crippen LogP contribution in [0.1, 0.15) is 43.0 Å². The third-order valence-corrected chi connectivity index (χ3v) is 7.78. The van der Waals surface area contributed by atoms with Crippen molar-refractivity contribution in [1.29, 1.82) is 0 Å². The molecule has 0 aliphatic heterocycles. The Hall–Kier alpha value is -1.74. The summed E-state index contributed by atoms with van der Waals surface area (Å²) in [4.78, 5) is 26.5. The Kier molecular flexibility index (Phi) is 7.25. The SMILES string of the molecule is Cc1cc(C)c(C(=O)[P+](=O)c2ccccc2C(=O)c2c(Cl)c(Cl)cc(Cl)c2Cl)c(C)c1. The lowest BCUT2D eigenvalue weighted by atomic mass is 10.0. The van der Waals surface area contributed by atoms with E-state index in [1.165, 1.54) is 18.2 Å². The van der Waals surface area contributed by atoms with Gasteiger partial charge >= 0.3 is 13.3 Å². The molecular weight excluding hydrogens is 497 g/mol. The van der Waals surface area contributed by atoms with Gasteiger partial charge in [-0.2, -0.15) is 0 Å². The van der Waals surface area contributed by atoms with Crippen LogP contribution in [-0.4, -0.2) is 11.3 Å². The summed E-state index contributed by atoms with van der Waals surface area (Å²) >= 11 is 24.6. The first-order chi connectivity index (χ1) is 14.5. The molecule has 0 aromatic heterocycles. The molecule has 3 rings (SSSR count). The van der Waals surface area contributed by atoms with Gasteiger partial charge in [0.2, 0.25) is 11.1 Å². The Morgan fingerprint density at radius 3 is 1.84 bits per heavy atom. The summed E-state index contributed by atoms with van der Waals surface area (Å²) in [5.74, 6) is -0.622. The molecule has 0 saturated carbocycles. The highest BCUT2D eigenvalue weighted by atomic mass is 35.5. The van der Waals surface area contributed by atoms with Crippen molar-refractivity contribution in [3.63, 3.8) is 0 Å². The van der Waals surface area contributed by atoms with Crippen molar-refractivity contribution in [2.24, 2.45) is 0 Å². The highest BCUT2D eigenvalue weighted by molar-refractivity contribution is 7.71. The van der Waals surface area contributed by atoms with E-state index >= 15 is 0 Å². The normalized spacial score (nSPS) is 11.4. The van der Waals surface area contributed by atoms with E-state index in [1.807, 2.05) is 19.1 Å². The van der Waals surface area contributed by atoms with E-state index in [0.717, 1.165) is 16.7 Å². The van der Waals surface area contributed by atoms with Crippen molar-refractivity contribution >= 4 is 70.8 Å². The van der Waals surface area contributed by atoms with Gasteiger partial charge in [-0.1, -0.05) is 80.8 Å². The second-order valence-corrected chi connectivity index (χ2v) is 10.1. The summed E-state index contributed by atoms with van der Waals surface area (Å²) in [6.45, 7) is 5.51. The van der Waals surface area contributed by atoms with Crippen molar-refractivity contribution < 1.29 is 14.2 Å². The predicted molar refractivity (Wildman–Crippen MR) is 129 cm³/mol. The van der Waals surface area contributed by atoms with Crippen LogP contribution in [0.4, 0.5) is 0 Å². The number of rotatable bonds is 5. The summed E-state index contributed by atoms with van der Waals surface area (Å²) in [6, 6.07) is 11.2. The molecule has 0 amide bonds. The molecule has 31 heavy (non-hydrogen) atoms. The standard InChI is InChI=1S/C23H16Cl4O3P/c1-11-8-12(2)18(13(3)9-11)23(29)31(30)17-7-5-4-6-14(17)22(28)19-20(26)15(24)10-16(25)21(19)27/h4-10H,1-3H3/q+1. The van der Waals surface area contributed by atoms with Crippen LogP contribution in [0.3, 0.4) is 0 Å². The first kappa shape index (κ1) is 23.9. The van der Waals surface area contributed by atoms with Crippen molar-refractivity contribution in [2.45, 2.75) is 20.8 Å². The fraction of sp³-hybridized carbons (Fsp3) is 0.130. The van der Waals surface area contributed by atoms with Gasteiger partial charge in [-0.3, -0.25) is 4.79 Å². The molecule has 0 saturated heterocycles. The van der Waals surface area contributed by atoms with Gasteiger partial charge in [-0.25, -0.2) is 4.79 Å². The van der Waals surface area contributed by atoms with Gasteiger partial charge < -0.3 is 0 Å². The van der Waals surface area contributed by atoms with E-state index in [4.69, 9.17) is 46.4 Å². The molecule has 0 aliphatic carbocycles. The largest absolute Gasteiger partial charge is 0.459 e. The lowest BCUT2D eigenvalue weighted by Gasteiger charge is -2.10. The van der Waals surface area contributed by atoms with E-state index in [-0.39, 0.29) is 36.5 Å². The van der Waals surface area contributed by atoms with Crippen LogP contribution in [0.2, 0.25) is 20.1 Å². The Bertz CT molecular complexity index is 1220. The molecule has 0 bridgehead atoms. The molecule has 0 heterocycles. The van der Waals surface area contributed by atoms with E-state index in [1.54, 1.807) is 26.0 Å². The smallest absolute Gasteiger partial charge is 0.288 e. The molecule has 1 unspecified atom stereocenters. The van der Waals surface area contributed by atoms with Gasteiger partial charge in [0.25, 0.3) is 0 Å². The monoisotopic (exact) mass is 511 g/mol. The zero-order chi connectivity index (χ0) is 23.0. The Labute approximate surface area is 201 Å². The van der Waals surface area contributed by atoms with Crippen LogP contribution in [0, 0.1) is 20.8 Å². The lowest BCUT2D eigenvalue weighted by molar-refractivity contribution is 0.103. The van der Waals surface area contributed by atoms with E-state index in [0.29, 0.717) is 5.56 Å². The molecule has 0 fully saturated rings. The zero-order valence-electron chi connectivity index (χ0n) is 16.7. The molecule has 3 nitrogen and oxygen atoms in total. The molecular formula is C23H16Cl4O3P+. The van der Waals surface area contributed by atoms with E-state index < -0.39 is 19.1 Å². The quantitative estimate of drug-likeness (QED) is 0.199. The molecule has 0 N–H and O–H groups in total. The Morgan fingerprint density at radius 1 is 0.774 bits per heavy atom. The van der Waals surface area contributed by atoms with Crippen LogP contribution >= 0.6 is 54.2 Å². The molecule has 8 heteroatoms. The second-order valence-electron chi connectivity index (χ2n) is 7.06. The number of ketones is 1. The number of hydrogen-bond acceptors (Lipinski definition) is 3. The summed E-state index contributed by atoms with van der Waals surface area (Å²) < 4.78 is 13.3. The minimum atomic E-state index is -2.60. The maximum absolute atomic E-state index is 13.3. The fourth-order valence-electron chi connectivity index (χ4n) is 3.48. The maximum Gasteiger partial charge on any atom is 0.459 e. The van der Waals surface area contributed by atoms with Crippen LogP contribution in [0.15, 0.2) is 42.5 Å². The van der Waals surface area contributed by atoms with Crippen molar-refractivity contribution in [3.8, 4) is 0 Å². The second kappa shape index (κ2) is 9.40. The summed E-state index contributed by atoms with van der Waals surface area (Å²) in [5, 5.41) is 0.0759. The summed E-state index contributed by atoms with van der Waals surface area (Å²) in [6.07, 6.45) is 0. The van der Waals surface area contributed by atoms with Crippen LogP contribution in [0.25, 0.3) is 0 Å². The predicted octanol–water partition coefficient (Wildman–Crippen LogP) is 7.75. The third kappa shape index (κ3) is 4.58. The van der Waals surface area contributed by atoms with Gasteiger partial charge in [-0.05, 0) is 50.1 Å². The van der Waals surface area contributed by atoms with Crippen LogP contribution < -0.4 is 5.30 Å². The molecule has 3 aromatic rings. The first-order valence-electron chi connectivity index (χ1n) is 9.10. The highest BCUT2D eigenvalue weighted by Crippen LogP contribution is 2.39. The number of hydrogen-bond donors (Lipinski definition) is 0. The number of halogens is 4. The van der Waals surface area contributed by atoms with Gasteiger partial charge in [-0.15, -0.1) is 0 Å². The topological polar surface area (TPSA) is 51.2 Å². The number of aryl methyl sites for hydroxylation is 3. The summed E-state index contributed by atoms with van der Waals surface area (Å²) in [5.41, 5.74) is 2.22. The number of carbonyl (C=O) groups is 2. The van der Waals surface area contributed by atoms with Gasteiger partial charge in [0, 0.05) is 0 Å². The van der Waals surface area contributed by atoms with Crippen molar-refractivity contribution in [1.82, 2.24) is 0 Å². The average Bonchev–Trinajstić information content (AvgIpc) is 2.71. The highest BCUT2D eigenvalue weighted by Gasteiger charge is 2.39. The molecule has 3 aromatic carbocycles. The fourth-order valence-corrected chi connectivity index (χ4v) is 5.85. The van der Waals surface area contributed by atoms with Crippen LogP contribution in [0.5, 0.6) is 0 Å². The first-order valence-corrected chi connectivity index (χ1v) is 11.9. The van der Waals surface area contributed by atoms with E-state index in [9.17, 15) is 14.2 Å². The molecule has 158 valence electrons. The lowest BCUT2D eigenvalue weighted by Crippen LogP contribution is -2.17. The maximum atomic E-state index is 13.3. The Balaban J connectivity index is 2.13. The molecule has 0 aliphatic rings. The van der Waals surface area contributed by atoms with Gasteiger partial charge in [0.05, 0.1) is 36.8 Å². The minimum Gasteiger partial charge on any atom is -0.288 e. The average molecular weight is 513 g/mol. The molecule has 1 atom stereocenters.